The number of anilines is 2. The van der Waals surface area contributed by atoms with E-state index < -0.39 is 5.82 Å². The van der Waals surface area contributed by atoms with Crippen LogP contribution in [0, 0.1) is 5.82 Å². The normalized spacial score (nSPS) is 10.8. The molecule has 0 atom stereocenters. The smallest absolute Gasteiger partial charge is 0.245 e. The third kappa shape index (κ3) is 6.66. The summed E-state index contributed by atoms with van der Waals surface area (Å²) in [5.74, 6) is 0.837. The Morgan fingerprint density at radius 3 is 2.67 bits per heavy atom. The molecule has 3 aromatic rings. The number of hydrogen-bond donors (Lipinski definition) is 2. The maximum atomic E-state index is 13.5. The number of methoxy groups -OCH3 is 1. The number of unbranched alkanes of at least 4 members (excludes halogenated alkanes) is 3. The Bertz CT molecular complexity index is 1110. The fourth-order valence-electron chi connectivity index (χ4n) is 3.22. The highest BCUT2D eigenvalue weighted by molar-refractivity contribution is 6.31. The molecule has 0 bridgehead atoms. The Kier molecular flexibility index (Phi) is 8.62. The molecule has 0 saturated heterocycles. The lowest BCUT2D eigenvalue weighted by atomic mass is 10.1. The Labute approximate surface area is 196 Å². The topological polar surface area (TPSA) is 96.8 Å². The van der Waals surface area contributed by atoms with Gasteiger partial charge in [-0.05, 0) is 37.1 Å². The molecule has 2 N–H and O–H groups in total. The number of benzene rings is 2. The molecule has 3 rings (SSSR count). The summed E-state index contributed by atoms with van der Waals surface area (Å²) in [6.45, 7) is 0.472. The highest BCUT2D eigenvalue weighted by Crippen LogP contribution is 2.35. The van der Waals surface area contributed by atoms with E-state index in [9.17, 15) is 9.18 Å². The number of fused-ring (bicyclic) bond motifs is 1. The first kappa shape index (κ1) is 24.5. The number of aromatic nitrogens is 2. The number of amides is 1. The van der Waals surface area contributed by atoms with Crippen molar-refractivity contribution >= 4 is 39.9 Å². The van der Waals surface area contributed by atoms with Crippen molar-refractivity contribution in [2.24, 2.45) is 0 Å². The predicted molar refractivity (Wildman–Crippen MR) is 124 cm³/mol. The van der Waals surface area contributed by atoms with Crippen LogP contribution in [0.3, 0.4) is 0 Å². The van der Waals surface area contributed by atoms with Crippen molar-refractivity contribution in [2.75, 3.05) is 26.1 Å². The summed E-state index contributed by atoms with van der Waals surface area (Å²) in [6.07, 6.45) is 5.01. The lowest BCUT2D eigenvalue weighted by Crippen LogP contribution is -2.21. The molecule has 1 amide bonds. The van der Waals surface area contributed by atoms with E-state index in [1.165, 1.54) is 25.5 Å². The fraction of sp³-hybridized carbons (Fsp3) is 0.348. The number of carbonyl (C=O) groups is 1. The summed E-state index contributed by atoms with van der Waals surface area (Å²) in [6, 6.07) is 7.91. The van der Waals surface area contributed by atoms with Crippen molar-refractivity contribution < 1.29 is 23.9 Å². The summed E-state index contributed by atoms with van der Waals surface area (Å²) in [5, 5.41) is 13.5. The number of hydrogen-bond acceptors (Lipinski definition) is 7. The monoisotopic (exact) mass is 476 g/mol. The van der Waals surface area contributed by atoms with E-state index in [1.54, 1.807) is 25.3 Å². The average molecular weight is 477 g/mol. The summed E-state index contributed by atoms with van der Waals surface area (Å²) in [7, 11) is 2.89. The van der Waals surface area contributed by atoms with Gasteiger partial charge in [0.25, 0.3) is 0 Å². The lowest BCUT2D eigenvalue weighted by molar-refractivity contribution is -0.159. The van der Waals surface area contributed by atoms with Gasteiger partial charge in [0, 0.05) is 30.6 Å². The molecule has 0 fully saturated rings. The van der Waals surface area contributed by atoms with Gasteiger partial charge in [-0.3, -0.25) is 10.0 Å². The molecule has 0 unspecified atom stereocenters. The highest BCUT2D eigenvalue weighted by Gasteiger charge is 2.13. The third-order valence-corrected chi connectivity index (χ3v) is 5.30. The number of nitrogens with one attached hydrogen (secondary N) is 1. The average Bonchev–Trinajstić information content (AvgIpc) is 2.80. The summed E-state index contributed by atoms with van der Waals surface area (Å²) in [5.41, 5.74) is 1.24. The van der Waals surface area contributed by atoms with Gasteiger partial charge in [-0.15, -0.1) is 0 Å². The van der Waals surface area contributed by atoms with E-state index in [0.717, 1.165) is 19.3 Å². The largest absolute Gasteiger partial charge is 0.493 e. The molecule has 2 aromatic carbocycles. The Balaban J connectivity index is 1.66. The van der Waals surface area contributed by atoms with Crippen molar-refractivity contribution in [3.63, 3.8) is 0 Å². The molecule has 0 spiro atoms. The number of nitrogens with zero attached hydrogens (tertiary/aromatic N) is 3. The standard InChI is InChI=1S/C23H26ClFN4O4/c1-29(31)22(30)7-5-3-4-6-10-33-21-12-16-19(13-20(21)32-2)26-14-27-23(16)28-15-8-9-18(25)17(24)11-15/h8-9,11-14,31H,3-7,10H2,1-2H3,(H,26,27,28). The highest BCUT2D eigenvalue weighted by atomic mass is 35.5. The summed E-state index contributed by atoms with van der Waals surface area (Å²) in [4.78, 5) is 20.0. The van der Waals surface area contributed by atoms with Gasteiger partial charge in [-0.1, -0.05) is 24.4 Å². The number of halogens is 2. The van der Waals surface area contributed by atoms with Crippen LogP contribution in [0.4, 0.5) is 15.9 Å². The molecule has 176 valence electrons. The Hall–Kier alpha value is -3.17. The number of carbonyl (C=O) groups excluding carboxylic acids is 1. The molecule has 0 saturated carbocycles. The quantitative estimate of drug-likeness (QED) is 0.219. The van der Waals surface area contributed by atoms with E-state index in [0.29, 0.717) is 58.4 Å². The molecule has 0 aliphatic carbocycles. The third-order valence-electron chi connectivity index (χ3n) is 5.01. The van der Waals surface area contributed by atoms with Crippen molar-refractivity contribution in [2.45, 2.75) is 32.1 Å². The zero-order valence-electron chi connectivity index (χ0n) is 18.5. The van der Waals surface area contributed by atoms with Crippen LogP contribution < -0.4 is 14.8 Å². The van der Waals surface area contributed by atoms with Crippen LogP contribution in [-0.4, -0.2) is 46.9 Å². The molecule has 0 radical (unpaired) electrons. The van der Waals surface area contributed by atoms with Crippen molar-refractivity contribution in [3.8, 4) is 11.5 Å². The van der Waals surface area contributed by atoms with Crippen LogP contribution in [0.5, 0.6) is 11.5 Å². The number of ether oxygens (including phenoxy) is 2. The van der Waals surface area contributed by atoms with Gasteiger partial charge in [0.1, 0.15) is 18.0 Å². The zero-order chi connectivity index (χ0) is 23.8. The zero-order valence-corrected chi connectivity index (χ0v) is 19.2. The molecule has 10 heteroatoms. The van der Waals surface area contributed by atoms with Crippen LogP contribution in [-0.2, 0) is 4.79 Å². The van der Waals surface area contributed by atoms with Crippen molar-refractivity contribution in [1.82, 2.24) is 15.0 Å². The first-order valence-corrected chi connectivity index (χ1v) is 10.9. The molecular weight excluding hydrogens is 451 g/mol. The van der Waals surface area contributed by atoms with Gasteiger partial charge in [-0.25, -0.2) is 19.4 Å². The van der Waals surface area contributed by atoms with Gasteiger partial charge < -0.3 is 14.8 Å². The van der Waals surface area contributed by atoms with Crippen LogP contribution in [0.25, 0.3) is 10.9 Å². The molecule has 33 heavy (non-hydrogen) atoms. The summed E-state index contributed by atoms with van der Waals surface area (Å²) < 4.78 is 24.9. The fourth-order valence-corrected chi connectivity index (χ4v) is 3.40. The minimum atomic E-state index is -0.498. The molecule has 8 nitrogen and oxygen atoms in total. The molecule has 0 aliphatic rings. The second kappa shape index (κ2) is 11.6. The van der Waals surface area contributed by atoms with E-state index in [-0.39, 0.29) is 10.9 Å². The second-order valence-electron chi connectivity index (χ2n) is 7.43. The lowest BCUT2D eigenvalue weighted by Gasteiger charge is -2.14. The van der Waals surface area contributed by atoms with E-state index in [1.807, 2.05) is 0 Å². The minimum Gasteiger partial charge on any atom is -0.493 e. The van der Waals surface area contributed by atoms with E-state index >= 15 is 0 Å². The number of hydroxylamine groups is 2. The van der Waals surface area contributed by atoms with Gasteiger partial charge in [-0.2, -0.15) is 0 Å². The minimum absolute atomic E-state index is 0.0109. The predicted octanol–water partition coefficient (Wildman–Crippen LogP) is 5.35. The maximum absolute atomic E-state index is 13.5. The van der Waals surface area contributed by atoms with E-state index in [2.05, 4.69) is 15.3 Å². The van der Waals surface area contributed by atoms with Crippen molar-refractivity contribution in [1.29, 1.82) is 0 Å². The van der Waals surface area contributed by atoms with Gasteiger partial charge in [0.2, 0.25) is 5.91 Å². The van der Waals surface area contributed by atoms with Crippen LogP contribution in [0.2, 0.25) is 5.02 Å². The summed E-state index contributed by atoms with van der Waals surface area (Å²) >= 11 is 5.88. The van der Waals surface area contributed by atoms with Crippen LogP contribution >= 0.6 is 11.6 Å². The van der Waals surface area contributed by atoms with E-state index in [4.69, 9.17) is 26.3 Å². The van der Waals surface area contributed by atoms with Gasteiger partial charge >= 0.3 is 0 Å². The first-order chi connectivity index (χ1) is 15.9. The SMILES string of the molecule is COc1cc2ncnc(Nc3ccc(F)c(Cl)c3)c2cc1OCCCCCCC(=O)N(C)O. The molecule has 1 heterocycles. The second-order valence-corrected chi connectivity index (χ2v) is 7.83. The van der Waals surface area contributed by atoms with Crippen molar-refractivity contribution in [3.05, 3.63) is 47.5 Å². The number of rotatable bonds is 11. The van der Waals surface area contributed by atoms with Gasteiger partial charge in [0.15, 0.2) is 11.5 Å². The van der Waals surface area contributed by atoms with Crippen LogP contribution in [0.1, 0.15) is 32.1 Å². The maximum Gasteiger partial charge on any atom is 0.245 e. The molecular formula is C23H26ClFN4O4. The molecule has 1 aromatic heterocycles. The first-order valence-electron chi connectivity index (χ1n) is 10.5. The molecule has 0 aliphatic heterocycles. The van der Waals surface area contributed by atoms with Gasteiger partial charge in [0.05, 0.1) is 24.3 Å². The Morgan fingerprint density at radius 2 is 1.94 bits per heavy atom. The van der Waals surface area contributed by atoms with Crippen LogP contribution in [0.15, 0.2) is 36.7 Å². The Morgan fingerprint density at radius 1 is 1.15 bits per heavy atom.